The number of nitro benzene ring substituents is 1. The lowest BCUT2D eigenvalue weighted by Crippen LogP contribution is -1.99. The largest absolute Gasteiger partial charge is 0.424 e. The van der Waals surface area contributed by atoms with E-state index in [1.165, 1.54) is 18.3 Å². The molecule has 0 saturated heterocycles. The van der Waals surface area contributed by atoms with Crippen LogP contribution in [0.3, 0.4) is 0 Å². The highest BCUT2D eigenvalue weighted by molar-refractivity contribution is 5.50. The average molecular weight is 260 g/mol. The predicted octanol–water partition coefficient (Wildman–Crippen LogP) is 2.38. The number of nitrogens with two attached hydrogens (primary N) is 1. The van der Waals surface area contributed by atoms with Crippen LogP contribution in [0.2, 0.25) is 0 Å². The summed E-state index contributed by atoms with van der Waals surface area (Å²) in [5, 5.41) is 10.9. The smallest absolute Gasteiger partial charge is 0.323 e. The third kappa shape index (κ3) is 2.76. The van der Waals surface area contributed by atoms with E-state index < -0.39 is 4.92 Å². The van der Waals surface area contributed by atoms with Crippen molar-refractivity contribution in [1.29, 1.82) is 0 Å². The number of nitro groups is 1. The van der Waals surface area contributed by atoms with E-state index >= 15 is 0 Å². The fraction of sp³-hybridized carbons (Fsp3) is 0.167. The summed E-state index contributed by atoms with van der Waals surface area (Å²) in [6, 6.07) is 4.62. The summed E-state index contributed by atoms with van der Waals surface area (Å²) >= 11 is 0. The molecule has 1 aromatic heterocycles. The lowest BCUT2D eigenvalue weighted by molar-refractivity contribution is -0.385. The normalized spacial score (nSPS) is 10.2. The highest BCUT2D eigenvalue weighted by Gasteiger charge is 2.15. The van der Waals surface area contributed by atoms with Gasteiger partial charge in [-0.2, -0.15) is 4.98 Å². The molecule has 0 bridgehead atoms. The fourth-order valence-electron chi connectivity index (χ4n) is 1.63. The minimum absolute atomic E-state index is 0.00972. The summed E-state index contributed by atoms with van der Waals surface area (Å²) in [5.74, 6) is 0.604. The summed E-state index contributed by atoms with van der Waals surface area (Å²) in [6.45, 7) is 3.46. The van der Waals surface area contributed by atoms with Gasteiger partial charge in [0, 0.05) is 11.8 Å². The predicted molar refractivity (Wildman–Crippen MR) is 69.1 cm³/mol. The molecule has 7 nitrogen and oxygen atoms in total. The highest BCUT2D eigenvalue weighted by atomic mass is 16.6. The summed E-state index contributed by atoms with van der Waals surface area (Å²) in [6.07, 6.45) is 1.45. The van der Waals surface area contributed by atoms with Crippen LogP contribution in [0.15, 0.2) is 24.4 Å². The first-order valence-corrected chi connectivity index (χ1v) is 5.49. The minimum Gasteiger partial charge on any atom is -0.424 e. The number of nitrogens with zero attached hydrogens (tertiary/aromatic N) is 3. The third-order valence-corrected chi connectivity index (χ3v) is 2.55. The lowest BCUT2D eigenvalue weighted by Gasteiger charge is -2.08. The monoisotopic (exact) mass is 260 g/mol. The number of hydrogen-bond donors (Lipinski definition) is 1. The molecule has 0 aliphatic rings. The molecule has 0 radical (unpaired) electrons. The van der Waals surface area contributed by atoms with E-state index in [-0.39, 0.29) is 17.5 Å². The molecule has 0 fully saturated rings. The Morgan fingerprint density at radius 1 is 1.32 bits per heavy atom. The average Bonchev–Trinajstić information content (AvgIpc) is 2.32. The number of ether oxygens (including phenoxy) is 1. The lowest BCUT2D eigenvalue weighted by atomic mass is 10.1. The van der Waals surface area contributed by atoms with Crippen LogP contribution in [0.5, 0.6) is 11.8 Å². The summed E-state index contributed by atoms with van der Waals surface area (Å²) < 4.78 is 5.43. The first kappa shape index (κ1) is 12.7. The molecule has 0 saturated carbocycles. The van der Waals surface area contributed by atoms with Crippen LogP contribution < -0.4 is 10.5 Å². The van der Waals surface area contributed by atoms with E-state index in [4.69, 9.17) is 10.5 Å². The van der Waals surface area contributed by atoms with Crippen molar-refractivity contribution in [3.05, 3.63) is 45.6 Å². The molecule has 1 aromatic carbocycles. The highest BCUT2D eigenvalue weighted by Crippen LogP contribution is 2.30. The fourth-order valence-corrected chi connectivity index (χ4v) is 1.63. The Kier molecular flexibility index (Phi) is 3.28. The molecule has 0 amide bonds. The number of hydrogen-bond acceptors (Lipinski definition) is 6. The van der Waals surface area contributed by atoms with Crippen molar-refractivity contribution >= 4 is 11.5 Å². The summed E-state index contributed by atoms with van der Waals surface area (Å²) in [7, 11) is 0. The Bertz CT molecular complexity index is 643. The van der Waals surface area contributed by atoms with Crippen molar-refractivity contribution in [1.82, 2.24) is 9.97 Å². The van der Waals surface area contributed by atoms with Crippen molar-refractivity contribution < 1.29 is 9.66 Å². The van der Waals surface area contributed by atoms with Crippen LogP contribution in [0.25, 0.3) is 0 Å². The molecule has 0 aliphatic carbocycles. The topological polar surface area (TPSA) is 104 Å². The molecule has 7 heteroatoms. The van der Waals surface area contributed by atoms with Gasteiger partial charge in [0.05, 0.1) is 11.0 Å². The Morgan fingerprint density at radius 3 is 2.68 bits per heavy atom. The van der Waals surface area contributed by atoms with Crippen LogP contribution >= 0.6 is 0 Å². The molecule has 1 heterocycles. The second-order valence-corrected chi connectivity index (χ2v) is 4.03. The number of benzene rings is 1. The Balaban J connectivity index is 2.40. The SMILES string of the molecule is Cc1cc(C)c([N+](=O)[O-])cc1Oc1nccc(N)n1. The van der Waals surface area contributed by atoms with Gasteiger partial charge in [0.25, 0.3) is 5.69 Å². The maximum Gasteiger partial charge on any atom is 0.323 e. The Hall–Kier alpha value is -2.70. The standard InChI is InChI=1S/C12H12N4O3/c1-7-5-8(2)10(6-9(7)16(17)18)19-12-14-4-3-11(13)15-12/h3-6H,1-2H3,(H2,13,14,15). The molecule has 2 rings (SSSR count). The minimum atomic E-state index is -0.457. The van der Waals surface area contributed by atoms with Gasteiger partial charge in [-0.25, -0.2) is 4.98 Å². The van der Waals surface area contributed by atoms with Gasteiger partial charge < -0.3 is 10.5 Å². The van der Waals surface area contributed by atoms with E-state index in [0.29, 0.717) is 11.3 Å². The van der Waals surface area contributed by atoms with Gasteiger partial charge >= 0.3 is 6.01 Å². The van der Waals surface area contributed by atoms with Gasteiger partial charge in [-0.15, -0.1) is 0 Å². The number of aromatic nitrogens is 2. The van der Waals surface area contributed by atoms with Crippen molar-refractivity contribution in [2.24, 2.45) is 0 Å². The molecule has 2 aromatic rings. The number of anilines is 1. The van der Waals surface area contributed by atoms with E-state index in [2.05, 4.69) is 9.97 Å². The van der Waals surface area contributed by atoms with Gasteiger partial charge in [-0.1, -0.05) is 0 Å². The molecule has 0 spiro atoms. The van der Waals surface area contributed by atoms with E-state index in [1.54, 1.807) is 19.9 Å². The first-order chi connectivity index (χ1) is 8.97. The van der Waals surface area contributed by atoms with Crippen LogP contribution in [0, 0.1) is 24.0 Å². The molecule has 2 N–H and O–H groups in total. The van der Waals surface area contributed by atoms with Crippen LogP contribution in [0.1, 0.15) is 11.1 Å². The molecule has 98 valence electrons. The van der Waals surface area contributed by atoms with Crippen molar-refractivity contribution in [2.45, 2.75) is 13.8 Å². The van der Waals surface area contributed by atoms with Crippen molar-refractivity contribution in [2.75, 3.05) is 5.73 Å². The quantitative estimate of drug-likeness (QED) is 0.671. The second kappa shape index (κ2) is 4.89. The maximum atomic E-state index is 10.9. The maximum absolute atomic E-state index is 10.9. The van der Waals surface area contributed by atoms with Gasteiger partial charge in [0.1, 0.15) is 11.6 Å². The van der Waals surface area contributed by atoms with E-state index in [0.717, 1.165) is 5.56 Å². The van der Waals surface area contributed by atoms with Crippen LogP contribution in [0.4, 0.5) is 11.5 Å². The summed E-state index contributed by atoms with van der Waals surface area (Å²) in [5.41, 5.74) is 6.83. The zero-order valence-electron chi connectivity index (χ0n) is 10.5. The third-order valence-electron chi connectivity index (χ3n) is 2.55. The molecule has 0 atom stereocenters. The second-order valence-electron chi connectivity index (χ2n) is 4.03. The van der Waals surface area contributed by atoms with Gasteiger partial charge in [-0.3, -0.25) is 10.1 Å². The van der Waals surface area contributed by atoms with E-state index in [1.807, 2.05) is 0 Å². The number of aryl methyl sites for hydroxylation is 2. The number of nitrogen functional groups attached to an aromatic ring is 1. The van der Waals surface area contributed by atoms with Gasteiger partial charge in [0.15, 0.2) is 0 Å². The molecular weight excluding hydrogens is 248 g/mol. The van der Waals surface area contributed by atoms with Crippen molar-refractivity contribution in [3.63, 3.8) is 0 Å². The first-order valence-electron chi connectivity index (χ1n) is 5.49. The zero-order valence-corrected chi connectivity index (χ0v) is 10.5. The molecule has 0 aliphatic heterocycles. The Labute approximate surface area is 109 Å². The number of rotatable bonds is 3. The summed E-state index contributed by atoms with van der Waals surface area (Å²) in [4.78, 5) is 18.2. The Morgan fingerprint density at radius 2 is 2.05 bits per heavy atom. The molecular formula is C12H12N4O3. The molecule has 19 heavy (non-hydrogen) atoms. The van der Waals surface area contributed by atoms with Crippen molar-refractivity contribution in [3.8, 4) is 11.8 Å². The van der Waals surface area contributed by atoms with Crippen LogP contribution in [-0.2, 0) is 0 Å². The van der Waals surface area contributed by atoms with Gasteiger partial charge in [-0.05, 0) is 31.5 Å². The van der Waals surface area contributed by atoms with Gasteiger partial charge in [0.2, 0.25) is 0 Å². The van der Waals surface area contributed by atoms with E-state index in [9.17, 15) is 10.1 Å². The zero-order chi connectivity index (χ0) is 14.0. The molecule has 0 unspecified atom stereocenters. The van der Waals surface area contributed by atoms with Crippen LogP contribution in [-0.4, -0.2) is 14.9 Å².